The van der Waals surface area contributed by atoms with Gasteiger partial charge in [0, 0.05) is 53.9 Å². The van der Waals surface area contributed by atoms with E-state index in [0.717, 1.165) is 35.6 Å². The van der Waals surface area contributed by atoms with Gasteiger partial charge in [0.1, 0.15) is 5.82 Å². The topological polar surface area (TPSA) is 73.5 Å². The first kappa shape index (κ1) is 22.8. The number of benzene rings is 3. The molecule has 3 aromatic carbocycles. The SMILES string of the molecule is CC1CN(c2ccc(NC=C3C(=O)NC(=O)c4ccc(-c5ccc(F)cc5)cc43)cc2)CC(C)N1. The van der Waals surface area contributed by atoms with Gasteiger partial charge in [-0.25, -0.2) is 4.39 Å². The molecule has 0 bridgehead atoms. The molecule has 2 amide bonds. The van der Waals surface area contributed by atoms with Crippen LogP contribution in [-0.4, -0.2) is 37.0 Å². The lowest BCUT2D eigenvalue weighted by atomic mass is 9.91. The van der Waals surface area contributed by atoms with E-state index in [1.807, 2.05) is 12.1 Å². The van der Waals surface area contributed by atoms with Gasteiger partial charge in [0.25, 0.3) is 11.8 Å². The number of nitrogens with one attached hydrogen (secondary N) is 3. The van der Waals surface area contributed by atoms with Crippen molar-refractivity contribution >= 4 is 28.8 Å². The van der Waals surface area contributed by atoms with E-state index in [4.69, 9.17) is 0 Å². The molecule has 0 saturated carbocycles. The Morgan fingerprint density at radius 1 is 0.857 bits per heavy atom. The second kappa shape index (κ2) is 9.35. The van der Waals surface area contributed by atoms with E-state index in [2.05, 4.69) is 46.8 Å². The summed E-state index contributed by atoms with van der Waals surface area (Å²) in [4.78, 5) is 27.5. The zero-order valence-electron chi connectivity index (χ0n) is 19.6. The third-order valence-electron chi connectivity index (χ3n) is 6.38. The van der Waals surface area contributed by atoms with Crippen LogP contribution in [-0.2, 0) is 4.79 Å². The molecule has 0 spiro atoms. The zero-order valence-corrected chi connectivity index (χ0v) is 19.6. The predicted molar refractivity (Wildman–Crippen MR) is 137 cm³/mol. The lowest BCUT2D eigenvalue weighted by Gasteiger charge is -2.37. The highest BCUT2D eigenvalue weighted by Crippen LogP contribution is 2.30. The summed E-state index contributed by atoms with van der Waals surface area (Å²) in [6, 6.07) is 20.3. The Balaban J connectivity index is 1.40. The summed E-state index contributed by atoms with van der Waals surface area (Å²) >= 11 is 0. The highest BCUT2D eigenvalue weighted by molar-refractivity contribution is 6.31. The maximum atomic E-state index is 13.3. The van der Waals surface area contributed by atoms with Gasteiger partial charge in [-0.3, -0.25) is 14.9 Å². The van der Waals surface area contributed by atoms with E-state index in [1.54, 1.807) is 36.5 Å². The molecule has 3 aromatic rings. The minimum atomic E-state index is -0.466. The molecule has 2 atom stereocenters. The Hall–Kier alpha value is -3.97. The number of carbonyl (C=O) groups excluding carboxylic acids is 2. The zero-order chi connectivity index (χ0) is 24.5. The van der Waals surface area contributed by atoms with Crippen LogP contribution >= 0.6 is 0 Å². The Morgan fingerprint density at radius 2 is 1.51 bits per heavy atom. The highest BCUT2D eigenvalue weighted by atomic mass is 19.1. The number of nitrogens with zero attached hydrogens (tertiary/aromatic N) is 1. The van der Waals surface area contributed by atoms with Crippen molar-refractivity contribution in [3.8, 4) is 11.1 Å². The normalized spacial score (nSPS) is 21.0. The van der Waals surface area contributed by atoms with Crippen LogP contribution in [0.3, 0.4) is 0 Å². The average molecular weight is 471 g/mol. The largest absolute Gasteiger partial charge is 0.368 e. The molecule has 0 aliphatic carbocycles. The highest BCUT2D eigenvalue weighted by Gasteiger charge is 2.27. The van der Waals surface area contributed by atoms with Crippen LogP contribution in [0.15, 0.2) is 72.9 Å². The van der Waals surface area contributed by atoms with E-state index in [-0.39, 0.29) is 5.82 Å². The smallest absolute Gasteiger partial charge is 0.260 e. The Labute approximate surface area is 203 Å². The van der Waals surface area contributed by atoms with Gasteiger partial charge in [0.05, 0.1) is 5.57 Å². The van der Waals surface area contributed by atoms with Gasteiger partial charge in [0.15, 0.2) is 0 Å². The van der Waals surface area contributed by atoms with E-state index in [9.17, 15) is 14.0 Å². The Bertz CT molecular complexity index is 1290. The molecule has 0 radical (unpaired) electrons. The van der Waals surface area contributed by atoms with Crippen molar-refractivity contribution < 1.29 is 14.0 Å². The first-order valence-electron chi connectivity index (χ1n) is 11.7. The number of carbonyl (C=O) groups is 2. The fourth-order valence-electron chi connectivity index (χ4n) is 4.75. The summed E-state index contributed by atoms with van der Waals surface area (Å²) in [6.07, 6.45) is 1.62. The maximum Gasteiger partial charge on any atom is 0.260 e. The predicted octanol–water partition coefficient (Wildman–Crippen LogP) is 4.40. The number of amides is 2. The second-order valence-corrected chi connectivity index (χ2v) is 9.17. The van der Waals surface area contributed by atoms with Gasteiger partial charge in [-0.05, 0) is 73.5 Å². The summed E-state index contributed by atoms with van der Waals surface area (Å²) in [6.45, 7) is 6.26. The first-order chi connectivity index (χ1) is 16.9. The summed E-state index contributed by atoms with van der Waals surface area (Å²) in [7, 11) is 0. The van der Waals surface area contributed by atoms with Crippen molar-refractivity contribution in [3.05, 3.63) is 89.9 Å². The molecule has 6 nitrogen and oxygen atoms in total. The first-order valence-corrected chi connectivity index (χ1v) is 11.7. The molecular weight excluding hydrogens is 443 g/mol. The molecule has 0 aromatic heterocycles. The molecule has 2 aliphatic heterocycles. The van der Waals surface area contributed by atoms with E-state index >= 15 is 0 Å². The van der Waals surface area contributed by atoms with Crippen LogP contribution in [0.5, 0.6) is 0 Å². The number of piperazine rings is 1. The van der Waals surface area contributed by atoms with Crippen molar-refractivity contribution in [2.75, 3.05) is 23.3 Å². The van der Waals surface area contributed by atoms with Crippen molar-refractivity contribution in [2.24, 2.45) is 0 Å². The van der Waals surface area contributed by atoms with Crippen LogP contribution < -0.4 is 20.9 Å². The van der Waals surface area contributed by atoms with Crippen molar-refractivity contribution in [3.63, 3.8) is 0 Å². The molecule has 1 fully saturated rings. The fraction of sp³-hybridized carbons (Fsp3) is 0.214. The monoisotopic (exact) mass is 470 g/mol. The van der Waals surface area contributed by atoms with Crippen LogP contribution in [0.4, 0.5) is 15.8 Å². The van der Waals surface area contributed by atoms with Gasteiger partial charge in [-0.15, -0.1) is 0 Å². The van der Waals surface area contributed by atoms with Crippen molar-refractivity contribution in [2.45, 2.75) is 25.9 Å². The third kappa shape index (κ3) is 4.81. The van der Waals surface area contributed by atoms with Crippen LogP contribution in [0.2, 0.25) is 0 Å². The number of imide groups is 1. The van der Waals surface area contributed by atoms with Gasteiger partial charge < -0.3 is 15.5 Å². The second-order valence-electron chi connectivity index (χ2n) is 9.17. The van der Waals surface area contributed by atoms with E-state index in [0.29, 0.717) is 28.8 Å². The van der Waals surface area contributed by atoms with Crippen LogP contribution in [0, 0.1) is 5.82 Å². The number of fused-ring (bicyclic) bond motifs is 1. The lowest BCUT2D eigenvalue weighted by Crippen LogP contribution is -2.54. The van der Waals surface area contributed by atoms with Gasteiger partial charge in [-0.1, -0.05) is 18.2 Å². The molecule has 7 heteroatoms. The molecule has 5 rings (SSSR count). The lowest BCUT2D eigenvalue weighted by molar-refractivity contribution is -0.114. The number of halogens is 1. The minimum Gasteiger partial charge on any atom is -0.368 e. The Morgan fingerprint density at radius 3 is 2.20 bits per heavy atom. The van der Waals surface area contributed by atoms with Gasteiger partial charge in [0.2, 0.25) is 0 Å². The van der Waals surface area contributed by atoms with Crippen molar-refractivity contribution in [1.82, 2.24) is 10.6 Å². The summed E-state index contributed by atoms with van der Waals surface area (Å²) in [5.41, 5.74) is 4.89. The summed E-state index contributed by atoms with van der Waals surface area (Å²) in [5, 5.41) is 9.14. The van der Waals surface area contributed by atoms with Gasteiger partial charge in [-0.2, -0.15) is 0 Å². The standard InChI is InChI=1S/C28H27FN4O2/c1-17-15-33(16-18(2)31-17)23-10-8-22(9-11-23)30-14-26-25-13-20(19-3-6-21(29)7-4-19)5-12-24(25)27(34)32-28(26)35/h3-14,17-18,30-31H,15-16H2,1-2H3,(H,32,34,35). The van der Waals surface area contributed by atoms with E-state index < -0.39 is 11.8 Å². The number of anilines is 2. The van der Waals surface area contributed by atoms with Crippen LogP contribution in [0.1, 0.15) is 29.8 Å². The summed E-state index contributed by atoms with van der Waals surface area (Å²) < 4.78 is 13.3. The number of hydrogen-bond acceptors (Lipinski definition) is 5. The molecule has 2 aliphatic rings. The number of rotatable bonds is 4. The maximum absolute atomic E-state index is 13.3. The third-order valence-corrected chi connectivity index (χ3v) is 6.38. The molecule has 35 heavy (non-hydrogen) atoms. The van der Waals surface area contributed by atoms with Crippen molar-refractivity contribution in [1.29, 1.82) is 0 Å². The molecule has 1 saturated heterocycles. The van der Waals surface area contributed by atoms with Crippen LogP contribution in [0.25, 0.3) is 16.7 Å². The quantitative estimate of drug-likeness (QED) is 0.389. The minimum absolute atomic E-state index is 0.321. The average Bonchev–Trinajstić information content (AvgIpc) is 2.84. The molecule has 2 unspecified atom stereocenters. The van der Waals surface area contributed by atoms with Gasteiger partial charge >= 0.3 is 0 Å². The molecule has 3 N–H and O–H groups in total. The van der Waals surface area contributed by atoms with E-state index in [1.165, 1.54) is 12.1 Å². The number of hydrogen-bond donors (Lipinski definition) is 3. The molecule has 178 valence electrons. The molecule has 2 heterocycles. The fourth-order valence-corrected chi connectivity index (χ4v) is 4.75. The Kier molecular flexibility index (Phi) is 6.09. The summed E-state index contributed by atoms with van der Waals surface area (Å²) in [5.74, 6) is -1.22. The molecular formula is C28H27FN4O2.